The van der Waals surface area contributed by atoms with Crippen LogP contribution in [0.1, 0.15) is 18.1 Å². The van der Waals surface area contributed by atoms with E-state index in [1.807, 2.05) is 43.3 Å². The Bertz CT molecular complexity index is 868. The third-order valence-corrected chi connectivity index (χ3v) is 4.94. The van der Waals surface area contributed by atoms with Gasteiger partial charge in [0.05, 0.1) is 5.69 Å². The number of carbonyl (C=O) groups excluding carboxylic acids is 2. The number of fused-ring (bicyclic) bond motifs is 1. The second-order valence-corrected chi connectivity index (χ2v) is 6.98. The average molecular weight is 373 g/mol. The number of hydrogen-bond donors (Lipinski definition) is 1. The molecule has 2 aromatic rings. The summed E-state index contributed by atoms with van der Waals surface area (Å²) in [6, 6.07) is 13.0. The predicted octanol–water partition coefficient (Wildman–Crippen LogP) is 3.12. The number of nitrogens with one attached hydrogen (secondary N) is 1. The fourth-order valence-electron chi connectivity index (χ4n) is 2.99. The van der Waals surface area contributed by atoms with Gasteiger partial charge in [0, 0.05) is 18.6 Å². The minimum Gasteiger partial charge on any atom is -0.466 e. The Morgan fingerprint density at radius 1 is 1.27 bits per heavy atom. The summed E-state index contributed by atoms with van der Waals surface area (Å²) in [6.07, 6.45) is 0.571. The minimum atomic E-state index is -1.60. The van der Waals surface area contributed by atoms with Crippen LogP contribution in [0.2, 0.25) is 5.02 Å². The quantitative estimate of drug-likeness (QED) is 0.839. The van der Waals surface area contributed by atoms with Crippen molar-refractivity contribution in [1.82, 2.24) is 5.32 Å². The fourth-order valence-corrected chi connectivity index (χ4v) is 3.22. The molecule has 6 heteroatoms. The first-order valence-corrected chi connectivity index (χ1v) is 8.80. The molecule has 136 valence electrons. The molecule has 5 nitrogen and oxygen atoms in total. The number of hydrogen-bond acceptors (Lipinski definition) is 3. The van der Waals surface area contributed by atoms with Gasteiger partial charge in [-0.25, -0.2) is 0 Å². The molecule has 1 unspecified atom stereocenters. The van der Waals surface area contributed by atoms with Crippen molar-refractivity contribution in [1.29, 1.82) is 0 Å². The van der Waals surface area contributed by atoms with Crippen LogP contribution in [0.15, 0.2) is 42.5 Å². The molecule has 2 aromatic carbocycles. The summed E-state index contributed by atoms with van der Waals surface area (Å²) in [5, 5.41) is 3.45. The monoisotopic (exact) mass is 372 g/mol. The molecule has 0 fully saturated rings. The number of nitrogens with zero attached hydrogens (tertiary/aromatic N) is 1. The molecule has 0 aromatic heterocycles. The molecule has 26 heavy (non-hydrogen) atoms. The highest BCUT2D eigenvalue weighted by molar-refractivity contribution is 6.31. The summed E-state index contributed by atoms with van der Waals surface area (Å²) < 4.78 is 5.82. The molecule has 0 aliphatic carbocycles. The van der Waals surface area contributed by atoms with Gasteiger partial charge in [-0.05, 0) is 49.6 Å². The lowest BCUT2D eigenvalue weighted by atomic mass is 9.99. The molecule has 1 N–H and O–H groups in total. The van der Waals surface area contributed by atoms with E-state index in [9.17, 15) is 9.59 Å². The van der Waals surface area contributed by atoms with Gasteiger partial charge in [0.1, 0.15) is 5.75 Å². The predicted molar refractivity (Wildman–Crippen MR) is 102 cm³/mol. The molecular formula is C20H21ClN2O3. The van der Waals surface area contributed by atoms with Crippen molar-refractivity contribution in [3.63, 3.8) is 0 Å². The standard InChI is InChI=1S/C20H21ClN2O3/c1-13-8-9-17-16(12-13)23(3)19(25)20(2,26-17)18(24)22-11-10-14-6-4-5-7-15(14)21/h4-9,12H,10-11H2,1-3H3,(H,22,24). The molecule has 0 saturated carbocycles. The number of ether oxygens (including phenoxy) is 1. The maximum absolute atomic E-state index is 12.8. The third-order valence-electron chi connectivity index (χ3n) is 4.57. The number of aryl methyl sites for hydroxylation is 1. The van der Waals surface area contributed by atoms with Gasteiger partial charge < -0.3 is 15.0 Å². The van der Waals surface area contributed by atoms with Crippen LogP contribution < -0.4 is 15.0 Å². The zero-order valence-electron chi connectivity index (χ0n) is 15.0. The Morgan fingerprint density at radius 3 is 2.73 bits per heavy atom. The van der Waals surface area contributed by atoms with E-state index < -0.39 is 17.4 Å². The van der Waals surface area contributed by atoms with Crippen molar-refractivity contribution in [2.45, 2.75) is 25.9 Å². The summed E-state index contributed by atoms with van der Waals surface area (Å²) >= 11 is 6.13. The first-order valence-electron chi connectivity index (χ1n) is 8.42. The second-order valence-electron chi connectivity index (χ2n) is 6.57. The zero-order valence-corrected chi connectivity index (χ0v) is 15.8. The van der Waals surface area contributed by atoms with Crippen LogP contribution in [-0.4, -0.2) is 31.0 Å². The van der Waals surface area contributed by atoms with Crippen molar-refractivity contribution < 1.29 is 14.3 Å². The van der Waals surface area contributed by atoms with Crippen LogP contribution in [0.5, 0.6) is 5.75 Å². The third kappa shape index (κ3) is 3.27. The molecule has 0 saturated heterocycles. The summed E-state index contributed by atoms with van der Waals surface area (Å²) in [5.74, 6) is -0.347. The van der Waals surface area contributed by atoms with Gasteiger partial charge in [-0.2, -0.15) is 0 Å². The van der Waals surface area contributed by atoms with Crippen molar-refractivity contribution in [2.24, 2.45) is 0 Å². The number of benzene rings is 2. The van der Waals surface area contributed by atoms with E-state index in [1.165, 1.54) is 11.8 Å². The topological polar surface area (TPSA) is 58.6 Å². The summed E-state index contributed by atoms with van der Waals surface area (Å²) in [7, 11) is 1.65. The number of halogens is 1. The lowest BCUT2D eigenvalue weighted by molar-refractivity contribution is -0.148. The molecule has 1 heterocycles. The Balaban J connectivity index is 1.73. The van der Waals surface area contributed by atoms with E-state index in [1.54, 1.807) is 13.1 Å². The Kier molecular flexibility index (Phi) is 4.92. The number of amides is 2. The molecule has 0 bridgehead atoms. The number of anilines is 1. The number of likely N-dealkylation sites (N-methyl/N-ethyl adjacent to an activating group) is 1. The summed E-state index contributed by atoms with van der Waals surface area (Å²) in [6.45, 7) is 3.80. The molecular weight excluding hydrogens is 352 g/mol. The van der Waals surface area contributed by atoms with Gasteiger partial charge in [-0.15, -0.1) is 0 Å². The molecule has 2 amide bonds. The zero-order chi connectivity index (χ0) is 18.9. The van der Waals surface area contributed by atoms with Crippen molar-refractivity contribution in [3.05, 3.63) is 58.6 Å². The van der Waals surface area contributed by atoms with E-state index in [4.69, 9.17) is 16.3 Å². The van der Waals surface area contributed by atoms with Gasteiger partial charge in [0.25, 0.3) is 17.4 Å². The maximum atomic E-state index is 12.8. The molecule has 0 radical (unpaired) electrons. The first kappa shape index (κ1) is 18.3. The van der Waals surface area contributed by atoms with Gasteiger partial charge in [0.15, 0.2) is 0 Å². The summed E-state index contributed by atoms with van der Waals surface area (Å²) in [5.41, 5.74) is 1.02. The Labute approximate surface area is 157 Å². The van der Waals surface area contributed by atoms with Crippen LogP contribution >= 0.6 is 11.6 Å². The number of carbonyl (C=O) groups is 2. The van der Waals surface area contributed by atoms with Crippen LogP contribution in [-0.2, 0) is 16.0 Å². The lowest BCUT2D eigenvalue weighted by Crippen LogP contribution is -2.61. The van der Waals surface area contributed by atoms with E-state index >= 15 is 0 Å². The average Bonchev–Trinajstić information content (AvgIpc) is 2.62. The minimum absolute atomic E-state index is 0.360. The molecule has 3 rings (SSSR count). The second kappa shape index (κ2) is 7.00. The summed E-state index contributed by atoms with van der Waals surface area (Å²) in [4.78, 5) is 27.0. The van der Waals surface area contributed by atoms with Crippen molar-refractivity contribution in [2.75, 3.05) is 18.5 Å². The van der Waals surface area contributed by atoms with Gasteiger partial charge >= 0.3 is 0 Å². The van der Waals surface area contributed by atoms with Crippen molar-refractivity contribution >= 4 is 29.1 Å². The Hall–Kier alpha value is -2.53. The van der Waals surface area contributed by atoms with Crippen LogP contribution in [0.3, 0.4) is 0 Å². The van der Waals surface area contributed by atoms with E-state index in [0.717, 1.165) is 11.1 Å². The molecule has 0 spiro atoms. The fraction of sp³-hybridized carbons (Fsp3) is 0.300. The van der Waals surface area contributed by atoms with Gasteiger partial charge in [-0.1, -0.05) is 35.9 Å². The molecule has 1 aliphatic rings. The largest absolute Gasteiger partial charge is 0.466 e. The van der Waals surface area contributed by atoms with Crippen molar-refractivity contribution in [3.8, 4) is 5.75 Å². The van der Waals surface area contributed by atoms with E-state index in [0.29, 0.717) is 29.4 Å². The molecule has 1 atom stereocenters. The van der Waals surface area contributed by atoms with Gasteiger partial charge in [-0.3, -0.25) is 9.59 Å². The highest BCUT2D eigenvalue weighted by Gasteiger charge is 2.49. The smallest absolute Gasteiger partial charge is 0.280 e. The maximum Gasteiger partial charge on any atom is 0.280 e. The highest BCUT2D eigenvalue weighted by Crippen LogP contribution is 2.37. The highest BCUT2D eigenvalue weighted by atomic mass is 35.5. The van der Waals surface area contributed by atoms with E-state index in [-0.39, 0.29) is 0 Å². The van der Waals surface area contributed by atoms with Gasteiger partial charge in [0.2, 0.25) is 0 Å². The normalized spacial score (nSPS) is 18.9. The molecule has 1 aliphatic heterocycles. The van der Waals surface area contributed by atoms with Crippen LogP contribution in [0.4, 0.5) is 5.69 Å². The number of rotatable bonds is 4. The van der Waals surface area contributed by atoms with Crippen LogP contribution in [0, 0.1) is 6.92 Å². The van der Waals surface area contributed by atoms with Crippen LogP contribution in [0.25, 0.3) is 0 Å². The Morgan fingerprint density at radius 2 is 2.00 bits per heavy atom. The van der Waals surface area contributed by atoms with E-state index in [2.05, 4.69) is 5.32 Å². The SMILES string of the molecule is Cc1ccc2c(c1)N(C)C(=O)C(C)(C(=O)NCCc1ccccc1Cl)O2. The lowest BCUT2D eigenvalue weighted by Gasteiger charge is -2.38. The first-order chi connectivity index (χ1) is 12.3.